The van der Waals surface area contributed by atoms with Crippen molar-refractivity contribution in [2.75, 3.05) is 17.4 Å². The SMILES string of the molecule is CCNC(=O)[C@@H](C)N(Cc1cccc(Br)c1)C(=O)CN(c1ccc(Cl)cc1C)S(=O)(=O)c1ccc(C)cc1. The molecule has 3 aromatic rings. The molecule has 0 saturated heterocycles. The molecule has 0 aliphatic heterocycles. The highest BCUT2D eigenvalue weighted by Crippen LogP contribution is 2.29. The summed E-state index contributed by atoms with van der Waals surface area (Å²) in [6.45, 7) is 7.05. The third-order valence-corrected chi connectivity index (χ3v) is 8.58. The number of halogens is 2. The largest absolute Gasteiger partial charge is 0.355 e. The van der Waals surface area contributed by atoms with Gasteiger partial charge >= 0.3 is 0 Å². The number of nitrogens with zero attached hydrogens (tertiary/aromatic N) is 2. The van der Waals surface area contributed by atoms with Crippen molar-refractivity contribution in [2.45, 2.75) is 45.2 Å². The van der Waals surface area contributed by atoms with Crippen LogP contribution in [0.25, 0.3) is 0 Å². The van der Waals surface area contributed by atoms with Gasteiger partial charge in [-0.1, -0.05) is 57.4 Å². The van der Waals surface area contributed by atoms with E-state index in [0.29, 0.717) is 22.8 Å². The molecule has 0 bridgehead atoms. The molecule has 0 unspecified atom stereocenters. The molecule has 0 aromatic heterocycles. The zero-order chi connectivity index (χ0) is 28.0. The Morgan fingerprint density at radius 3 is 2.32 bits per heavy atom. The Balaban J connectivity index is 2.07. The second-order valence-corrected chi connectivity index (χ2v) is 12.2. The fraction of sp³-hybridized carbons (Fsp3) is 0.286. The average molecular weight is 621 g/mol. The third-order valence-electron chi connectivity index (χ3n) is 6.08. The van der Waals surface area contributed by atoms with Gasteiger partial charge in [0.1, 0.15) is 12.6 Å². The smallest absolute Gasteiger partial charge is 0.264 e. The Morgan fingerprint density at radius 2 is 1.71 bits per heavy atom. The van der Waals surface area contributed by atoms with Crippen LogP contribution in [0.1, 0.15) is 30.5 Å². The number of rotatable bonds is 10. The van der Waals surface area contributed by atoms with Crippen molar-refractivity contribution < 1.29 is 18.0 Å². The maximum Gasteiger partial charge on any atom is 0.264 e. The van der Waals surface area contributed by atoms with E-state index in [2.05, 4.69) is 21.2 Å². The molecule has 38 heavy (non-hydrogen) atoms. The van der Waals surface area contributed by atoms with Crippen LogP contribution < -0.4 is 9.62 Å². The minimum Gasteiger partial charge on any atom is -0.355 e. The molecule has 1 atom stereocenters. The molecule has 0 radical (unpaired) electrons. The van der Waals surface area contributed by atoms with E-state index in [0.717, 1.165) is 19.9 Å². The Hall–Kier alpha value is -2.88. The first kappa shape index (κ1) is 29.7. The number of carbonyl (C=O) groups excluding carboxylic acids is 2. The van der Waals surface area contributed by atoms with Crippen LogP contribution in [0.5, 0.6) is 0 Å². The molecule has 2 amide bonds. The summed E-state index contributed by atoms with van der Waals surface area (Å²) in [5, 5.41) is 3.20. The topological polar surface area (TPSA) is 86.8 Å². The zero-order valence-electron chi connectivity index (χ0n) is 21.7. The molecular formula is C28H31BrClN3O4S. The van der Waals surface area contributed by atoms with Crippen molar-refractivity contribution in [3.63, 3.8) is 0 Å². The number of carbonyl (C=O) groups is 2. The van der Waals surface area contributed by atoms with Gasteiger partial charge in [0, 0.05) is 22.6 Å². The summed E-state index contributed by atoms with van der Waals surface area (Å²) in [5.41, 5.74) is 2.62. The van der Waals surface area contributed by atoms with E-state index < -0.39 is 28.5 Å². The first-order valence-electron chi connectivity index (χ1n) is 12.1. The van der Waals surface area contributed by atoms with E-state index in [9.17, 15) is 18.0 Å². The van der Waals surface area contributed by atoms with Gasteiger partial charge in [-0.25, -0.2) is 8.42 Å². The first-order chi connectivity index (χ1) is 17.9. The Bertz CT molecular complexity index is 1410. The van der Waals surface area contributed by atoms with Crippen molar-refractivity contribution in [2.24, 2.45) is 0 Å². The number of anilines is 1. The predicted octanol–water partition coefficient (Wildman–Crippen LogP) is 5.47. The number of hydrogen-bond acceptors (Lipinski definition) is 4. The van der Waals surface area contributed by atoms with Crippen LogP contribution in [0.2, 0.25) is 5.02 Å². The molecule has 3 rings (SSSR count). The van der Waals surface area contributed by atoms with Crippen LogP contribution in [0.4, 0.5) is 5.69 Å². The number of benzene rings is 3. The van der Waals surface area contributed by atoms with E-state index in [1.54, 1.807) is 51.1 Å². The van der Waals surface area contributed by atoms with Gasteiger partial charge in [0.2, 0.25) is 11.8 Å². The molecular weight excluding hydrogens is 590 g/mol. The molecule has 0 heterocycles. The normalized spacial score (nSPS) is 12.1. The minimum atomic E-state index is -4.14. The molecule has 0 spiro atoms. The number of nitrogens with one attached hydrogen (secondary N) is 1. The Morgan fingerprint density at radius 1 is 1.03 bits per heavy atom. The maximum atomic E-state index is 13.9. The van der Waals surface area contributed by atoms with Crippen LogP contribution in [0, 0.1) is 13.8 Å². The average Bonchev–Trinajstić information content (AvgIpc) is 2.86. The highest BCUT2D eigenvalue weighted by atomic mass is 79.9. The van der Waals surface area contributed by atoms with E-state index in [1.165, 1.54) is 17.0 Å². The number of amides is 2. The van der Waals surface area contributed by atoms with Crippen molar-refractivity contribution in [3.8, 4) is 0 Å². The van der Waals surface area contributed by atoms with Crippen molar-refractivity contribution in [3.05, 3.63) is 92.9 Å². The second kappa shape index (κ2) is 12.8. The van der Waals surface area contributed by atoms with Crippen LogP contribution >= 0.6 is 27.5 Å². The van der Waals surface area contributed by atoms with E-state index >= 15 is 0 Å². The summed E-state index contributed by atoms with van der Waals surface area (Å²) >= 11 is 9.58. The summed E-state index contributed by atoms with van der Waals surface area (Å²) < 4.78 is 29.7. The van der Waals surface area contributed by atoms with Gasteiger partial charge in [-0.05, 0) is 81.3 Å². The van der Waals surface area contributed by atoms with Gasteiger partial charge < -0.3 is 10.2 Å². The first-order valence-corrected chi connectivity index (χ1v) is 14.7. The molecule has 1 N–H and O–H groups in total. The van der Waals surface area contributed by atoms with Crippen molar-refractivity contribution in [1.82, 2.24) is 10.2 Å². The Labute approximate surface area is 238 Å². The van der Waals surface area contributed by atoms with Crippen LogP contribution in [0.15, 0.2) is 76.1 Å². The lowest BCUT2D eigenvalue weighted by Crippen LogP contribution is -2.51. The molecule has 3 aromatic carbocycles. The number of sulfonamides is 1. The van der Waals surface area contributed by atoms with Crippen molar-refractivity contribution >= 4 is 55.1 Å². The highest BCUT2D eigenvalue weighted by Gasteiger charge is 2.33. The molecule has 0 fully saturated rings. The number of hydrogen-bond donors (Lipinski definition) is 1. The van der Waals surface area contributed by atoms with Gasteiger partial charge in [-0.15, -0.1) is 0 Å². The fourth-order valence-electron chi connectivity index (χ4n) is 3.99. The second-order valence-electron chi connectivity index (χ2n) is 8.98. The predicted molar refractivity (Wildman–Crippen MR) is 155 cm³/mol. The molecule has 10 heteroatoms. The van der Waals surface area contributed by atoms with Crippen LogP contribution in [0.3, 0.4) is 0 Å². The summed E-state index contributed by atoms with van der Waals surface area (Å²) in [5.74, 6) is -0.847. The van der Waals surface area contributed by atoms with Crippen molar-refractivity contribution in [1.29, 1.82) is 0 Å². The summed E-state index contributed by atoms with van der Waals surface area (Å²) in [7, 11) is -4.14. The fourth-order valence-corrected chi connectivity index (χ4v) is 6.14. The van der Waals surface area contributed by atoms with Gasteiger partial charge in [0.25, 0.3) is 10.0 Å². The van der Waals surface area contributed by atoms with E-state index in [4.69, 9.17) is 11.6 Å². The lowest BCUT2D eigenvalue weighted by atomic mass is 10.1. The quantitative estimate of drug-likeness (QED) is 0.326. The molecule has 202 valence electrons. The minimum absolute atomic E-state index is 0.0561. The maximum absolute atomic E-state index is 13.9. The summed E-state index contributed by atoms with van der Waals surface area (Å²) in [6, 6.07) is 17.8. The lowest BCUT2D eigenvalue weighted by Gasteiger charge is -2.32. The van der Waals surface area contributed by atoms with Gasteiger partial charge in [-0.2, -0.15) is 0 Å². The summed E-state index contributed by atoms with van der Waals surface area (Å²) in [4.78, 5) is 28.1. The molecule has 0 aliphatic carbocycles. The van der Waals surface area contributed by atoms with Crippen LogP contribution in [-0.2, 0) is 26.2 Å². The Kier molecular flexibility index (Phi) is 9.98. The molecule has 0 saturated carbocycles. The molecule has 0 aliphatic rings. The standard InChI is InChI=1S/C28H31BrClN3O4S/c1-5-31-28(35)21(4)32(17-22-7-6-8-23(29)16-22)27(34)18-33(26-14-11-24(30)15-20(26)3)38(36,37)25-12-9-19(2)10-13-25/h6-16,21H,5,17-18H2,1-4H3,(H,31,35)/t21-/m1/s1. The monoisotopic (exact) mass is 619 g/mol. The van der Waals surface area contributed by atoms with E-state index in [1.807, 2.05) is 31.2 Å². The third kappa shape index (κ3) is 7.15. The van der Waals surface area contributed by atoms with Gasteiger partial charge in [0.05, 0.1) is 10.6 Å². The van der Waals surface area contributed by atoms with Gasteiger partial charge in [0.15, 0.2) is 0 Å². The van der Waals surface area contributed by atoms with E-state index in [-0.39, 0.29) is 17.3 Å². The lowest BCUT2D eigenvalue weighted by molar-refractivity contribution is -0.139. The number of aryl methyl sites for hydroxylation is 2. The van der Waals surface area contributed by atoms with Gasteiger partial charge in [-0.3, -0.25) is 13.9 Å². The molecule has 7 nitrogen and oxygen atoms in total. The van der Waals surface area contributed by atoms with Crippen LogP contribution in [-0.4, -0.2) is 44.3 Å². The number of likely N-dealkylation sites (N-methyl/N-ethyl adjacent to an activating group) is 1. The summed E-state index contributed by atoms with van der Waals surface area (Å²) in [6.07, 6.45) is 0. The highest BCUT2D eigenvalue weighted by molar-refractivity contribution is 9.10. The zero-order valence-corrected chi connectivity index (χ0v) is 24.9.